The quantitative estimate of drug-likeness (QED) is 0.876. The van der Waals surface area contributed by atoms with Gasteiger partial charge in [-0.1, -0.05) is 0 Å². The lowest BCUT2D eigenvalue weighted by atomic mass is 10.2. The standard InChI is InChI=1S/C14H14N4O2/c19-13-7-6-12(17-13)14(20)16-10-2-4-11(5-3-10)18-9-1-8-15-18/h1-5,8-9,12H,6-7H2,(H,16,20)(H,17,19). The number of anilines is 1. The fourth-order valence-corrected chi connectivity index (χ4v) is 2.16. The molecule has 2 amide bonds. The van der Waals surface area contributed by atoms with E-state index in [0.717, 1.165) is 5.69 Å². The van der Waals surface area contributed by atoms with Gasteiger partial charge in [-0.15, -0.1) is 0 Å². The minimum atomic E-state index is -0.423. The van der Waals surface area contributed by atoms with Gasteiger partial charge in [0.05, 0.1) is 5.69 Å². The Bertz CT molecular complexity index is 619. The topological polar surface area (TPSA) is 76.0 Å². The molecule has 0 spiro atoms. The lowest BCUT2D eigenvalue weighted by molar-refractivity contribution is -0.122. The molecule has 1 aromatic carbocycles. The molecule has 3 rings (SSSR count). The van der Waals surface area contributed by atoms with Crippen LogP contribution in [0.3, 0.4) is 0 Å². The predicted molar refractivity (Wildman–Crippen MR) is 73.4 cm³/mol. The van der Waals surface area contributed by atoms with Gasteiger partial charge in [-0.2, -0.15) is 5.10 Å². The van der Waals surface area contributed by atoms with E-state index < -0.39 is 6.04 Å². The predicted octanol–water partition coefficient (Wildman–Crippen LogP) is 1.09. The van der Waals surface area contributed by atoms with Gasteiger partial charge < -0.3 is 10.6 Å². The second-order valence-electron chi connectivity index (χ2n) is 4.65. The summed E-state index contributed by atoms with van der Waals surface area (Å²) in [6.45, 7) is 0. The van der Waals surface area contributed by atoms with Gasteiger partial charge in [0, 0.05) is 24.5 Å². The Labute approximate surface area is 115 Å². The minimum absolute atomic E-state index is 0.0702. The fraction of sp³-hybridized carbons (Fsp3) is 0.214. The molecule has 2 N–H and O–H groups in total. The summed E-state index contributed by atoms with van der Waals surface area (Å²) in [4.78, 5) is 23.0. The molecule has 102 valence electrons. The van der Waals surface area contributed by atoms with E-state index in [1.54, 1.807) is 10.9 Å². The summed E-state index contributed by atoms with van der Waals surface area (Å²) in [6.07, 6.45) is 4.52. The number of benzene rings is 1. The molecule has 1 saturated heterocycles. The van der Waals surface area contributed by atoms with Crippen LogP contribution in [-0.2, 0) is 9.59 Å². The molecular formula is C14H14N4O2. The Morgan fingerprint density at radius 3 is 2.75 bits per heavy atom. The second kappa shape index (κ2) is 5.16. The molecule has 1 unspecified atom stereocenters. The summed E-state index contributed by atoms with van der Waals surface area (Å²) in [6, 6.07) is 8.79. The summed E-state index contributed by atoms with van der Waals surface area (Å²) >= 11 is 0. The van der Waals surface area contributed by atoms with E-state index in [9.17, 15) is 9.59 Å². The van der Waals surface area contributed by atoms with Gasteiger partial charge in [0.1, 0.15) is 6.04 Å². The first-order valence-electron chi connectivity index (χ1n) is 6.43. The lowest BCUT2D eigenvalue weighted by Crippen LogP contribution is -2.37. The SMILES string of the molecule is O=C1CCC(C(=O)Nc2ccc(-n3cccn3)cc2)N1. The summed E-state index contributed by atoms with van der Waals surface area (Å²) in [5.74, 6) is -0.248. The number of nitrogens with one attached hydrogen (secondary N) is 2. The molecule has 1 aliphatic rings. The van der Waals surface area contributed by atoms with Crippen LogP contribution in [0.2, 0.25) is 0 Å². The molecule has 0 bridgehead atoms. The molecule has 1 fully saturated rings. The highest BCUT2D eigenvalue weighted by Crippen LogP contribution is 2.14. The van der Waals surface area contributed by atoms with Crippen molar-refractivity contribution in [3.05, 3.63) is 42.7 Å². The van der Waals surface area contributed by atoms with Crippen LogP contribution >= 0.6 is 0 Å². The summed E-state index contributed by atoms with van der Waals surface area (Å²) in [7, 11) is 0. The molecule has 1 aliphatic heterocycles. The van der Waals surface area contributed by atoms with Crippen LogP contribution in [0.15, 0.2) is 42.7 Å². The molecule has 2 aromatic rings. The third-order valence-corrected chi connectivity index (χ3v) is 3.22. The van der Waals surface area contributed by atoms with Crippen LogP contribution in [0.5, 0.6) is 0 Å². The van der Waals surface area contributed by atoms with E-state index in [0.29, 0.717) is 18.5 Å². The Hall–Kier alpha value is -2.63. The highest BCUT2D eigenvalue weighted by molar-refractivity contribution is 5.98. The number of aromatic nitrogens is 2. The maximum absolute atomic E-state index is 11.9. The van der Waals surface area contributed by atoms with Crippen molar-refractivity contribution in [2.24, 2.45) is 0 Å². The third-order valence-electron chi connectivity index (χ3n) is 3.22. The molecular weight excluding hydrogens is 256 g/mol. The number of amides is 2. The van der Waals surface area contributed by atoms with Gasteiger partial charge >= 0.3 is 0 Å². The number of carbonyl (C=O) groups excluding carboxylic acids is 2. The van der Waals surface area contributed by atoms with Crippen molar-refractivity contribution in [1.82, 2.24) is 15.1 Å². The van der Waals surface area contributed by atoms with Gasteiger partial charge in [-0.05, 0) is 36.8 Å². The third kappa shape index (κ3) is 2.54. The number of hydrogen-bond acceptors (Lipinski definition) is 3. The van der Waals surface area contributed by atoms with E-state index >= 15 is 0 Å². The molecule has 2 heterocycles. The minimum Gasteiger partial charge on any atom is -0.344 e. The van der Waals surface area contributed by atoms with Crippen molar-refractivity contribution in [3.63, 3.8) is 0 Å². The molecule has 6 nitrogen and oxygen atoms in total. The van der Waals surface area contributed by atoms with Crippen molar-refractivity contribution >= 4 is 17.5 Å². The number of rotatable bonds is 3. The van der Waals surface area contributed by atoms with Gasteiger partial charge in [-0.3, -0.25) is 9.59 Å². The first kappa shape index (κ1) is 12.4. The smallest absolute Gasteiger partial charge is 0.246 e. The Balaban J connectivity index is 1.66. The zero-order chi connectivity index (χ0) is 13.9. The van der Waals surface area contributed by atoms with Crippen LogP contribution in [0, 0.1) is 0 Å². The zero-order valence-corrected chi connectivity index (χ0v) is 10.7. The lowest BCUT2D eigenvalue weighted by Gasteiger charge is -2.11. The number of nitrogens with zero attached hydrogens (tertiary/aromatic N) is 2. The van der Waals surface area contributed by atoms with E-state index in [4.69, 9.17) is 0 Å². The summed E-state index contributed by atoms with van der Waals surface area (Å²) < 4.78 is 1.74. The molecule has 20 heavy (non-hydrogen) atoms. The van der Waals surface area contributed by atoms with Gasteiger partial charge in [0.2, 0.25) is 11.8 Å². The average Bonchev–Trinajstić information content (AvgIpc) is 3.10. The van der Waals surface area contributed by atoms with Crippen molar-refractivity contribution in [3.8, 4) is 5.69 Å². The van der Waals surface area contributed by atoms with Crippen molar-refractivity contribution in [2.75, 3.05) is 5.32 Å². The number of hydrogen-bond donors (Lipinski definition) is 2. The molecule has 1 aromatic heterocycles. The normalized spacial score (nSPS) is 17.8. The van der Waals surface area contributed by atoms with Crippen LogP contribution in [0.25, 0.3) is 5.69 Å². The Kier molecular flexibility index (Phi) is 3.20. The van der Waals surface area contributed by atoms with E-state index in [1.165, 1.54) is 0 Å². The molecule has 1 atom stereocenters. The van der Waals surface area contributed by atoms with Crippen LogP contribution < -0.4 is 10.6 Å². The molecule has 0 saturated carbocycles. The van der Waals surface area contributed by atoms with E-state index in [-0.39, 0.29) is 11.8 Å². The highest BCUT2D eigenvalue weighted by Gasteiger charge is 2.26. The number of carbonyl (C=O) groups is 2. The first-order valence-corrected chi connectivity index (χ1v) is 6.43. The Morgan fingerprint density at radius 2 is 2.15 bits per heavy atom. The van der Waals surface area contributed by atoms with E-state index in [2.05, 4.69) is 15.7 Å². The van der Waals surface area contributed by atoms with Gasteiger partial charge in [0.25, 0.3) is 0 Å². The maximum Gasteiger partial charge on any atom is 0.246 e. The second-order valence-corrected chi connectivity index (χ2v) is 4.65. The van der Waals surface area contributed by atoms with Gasteiger partial charge in [-0.25, -0.2) is 4.68 Å². The Morgan fingerprint density at radius 1 is 1.35 bits per heavy atom. The highest BCUT2D eigenvalue weighted by atomic mass is 16.2. The van der Waals surface area contributed by atoms with Gasteiger partial charge in [0.15, 0.2) is 0 Å². The van der Waals surface area contributed by atoms with Crippen LogP contribution in [-0.4, -0.2) is 27.6 Å². The van der Waals surface area contributed by atoms with Crippen molar-refractivity contribution < 1.29 is 9.59 Å². The maximum atomic E-state index is 11.9. The monoisotopic (exact) mass is 270 g/mol. The zero-order valence-electron chi connectivity index (χ0n) is 10.7. The van der Waals surface area contributed by atoms with Crippen molar-refractivity contribution in [2.45, 2.75) is 18.9 Å². The van der Waals surface area contributed by atoms with Crippen molar-refractivity contribution in [1.29, 1.82) is 0 Å². The first-order chi connectivity index (χ1) is 9.72. The van der Waals surface area contributed by atoms with E-state index in [1.807, 2.05) is 36.5 Å². The van der Waals surface area contributed by atoms with Crippen LogP contribution in [0.1, 0.15) is 12.8 Å². The summed E-state index contributed by atoms with van der Waals surface area (Å²) in [5.41, 5.74) is 1.62. The molecule has 0 radical (unpaired) electrons. The largest absolute Gasteiger partial charge is 0.344 e. The molecule has 0 aliphatic carbocycles. The average molecular weight is 270 g/mol. The molecule has 6 heteroatoms. The summed E-state index contributed by atoms with van der Waals surface area (Å²) in [5, 5.41) is 9.57. The fourth-order valence-electron chi connectivity index (χ4n) is 2.16. The van der Waals surface area contributed by atoms with Crippen LogP contribution in [0.4, 0.5) is 5.69 Å².